The summed E-state index contributed by atoms with van der Waals surface area (Å²) in [5.74, 6) is -1.12. The Morgan fingerprint density at radius 3 is 2.16 bits per heavy atom. The summed E-state index contributed by atoms with van der Waals surface area (Å²) >= 11 is 12.1. The molecule has 32 heavy (non-hydrogen) atoms. The van der Waals surface area contributed by atoms with Gasteiger partial charge in [0.1, 0.15) is 0 Å². The SMILES string of the molecule is CN(C)C(=O)c1ccc(N(Cc2ccc(Cl)c(Cl)c2)C(=O)CC(=O)c2ncccn2)cc1. The van der Waals surface area contributed by atoms with Crippen molar-refractivity contribution in [3.63, 3.8) is 0 Å². The van der Waals surface area contributed by atoms with Crippen LogP contribution in [0.4, 0.5) is 5.69 Å². The maximum absolute atomic E-state index is 13.1. The fourth-order valence-electron chi connectivity index (χ4n) is 2.94. The van der Waals surface area contributed by atoms with E-state index in [1.54, 1.807) is 62.6 Å². The second-order valence-corrected chi connectivity index (χ2v) is 7.96. The normalized spacial score (nSPS) is 10.5. The molecule has 0 fully saturated rings. The number of Topliss-reactive ketones (excluding diaryl/α,β-unsaturated/α-hetero) is 1. The topological polar surface area (TPSA) is 83.5 Å². The molecule has 0 radical (unpaired) electrons. The van der Waals surface area contributed by atoms with Gasteiger partial charge in [0, 0.05) is 37.7 Å². The number of nitrogens with zero attached hydrogens (tertiary/aromatic N) is 4. The molecule has 1 heterocycles. The second-order valence-electron chi connectivity index (χ2n) is 7.15. The van der Waals surface area contributed by atoms with Crippen LogP contribution in [0.25, 0.3) is 0 Å². The van der Waals surface area contributed by atoms with E-state index in [4.69, 9.17) is 23.2 Å². The first-order valence-corrected chi connectivity index (χ1v) is 10.4. The summed E-state index contributed by atoms with van der Waals surface area (Å²) in [6, 6.07) is 13.2. The molecule has 9 heteroatoms. The van der Waals surface area contributed by atoms with E-state index >= 15 is 0 Å². The largest absolute Gasteiger partial charge is 0.345 e. The van der Waals surface area contributed by atoms with E-state index in [0.29, 0.717) is 21.3 Å². The van der Waals surface area contributed by atoms with Crippen LogP contribution in [0.1, 0.15) is 33.0 Å². The monoisotopic (exact) mass is 470 g/mol. The van der Waals surface area contributed by atoms with Crippen LogP contribution in [-0.4, -0.2) is 46.6 Å². The van der Waals surface area contributed by atoms with Crippen molar-refractivity contribution >= 4 is 46.5 Å². The van der Waals surface area contributed by atoms with Crippen molar-refractivity contribution in [3.05, 3.63) is 87.9 Å². The van der Waals surface area contributed by atoms with Crippen molar-refractivity contribution in [1.29, 1.82) is 0 Å². The second kappa shape index (κ2) is 10.3. The molecule has 0 saturated heterocycles. The lowest BCUT2D eigenvalue weighted by atomic mass is 10.1. The predicted molar refractivity (Wildman–Crippen MR) is 123 cm³/mol. The highest BCUT2D eigenvalue weighted by molar-refractivity contribution is 6.42. The number of ketones is 1. The fourth-order valence-corrected chi connectivity index (χ4v) is 3.26. The van der Waals surface area contributed by atoms with Gasteiger partial charge in [0.05, 0.1) is 23.0 Å². The molecule has 2 amide bonds. The molecule has 0 saturated carbocycles. The number of benzene rings is 2. The van der Waals surface area contributed by atoms with Crippen molar-refractivity contribution in [2.45, 2.75) is 13.0 Å². The summed E-state index contributed by atoms with van der Waals surface area (Å²) in [6.45, 7) is 0.152. The first-order chi connectivity index (χ1) is 15.3. The Morgan fingerprint density at radius 1 is 0.906 bits per heavy atom. The van der Waals surface area contributed by atoms with E-state index in [0.717, 1.165) is 5.56 Å². The third-order valence-electron chi connectivity index (χ3n) is 4.58. The molecule has 0 aliphatic heterocycles. The molecule has 3 rings (SSSR count). The van der Waals surface area contributed by atoms with Crippen LogP contribution in [0.2, 0.25) is 10.0 Å². The number of hydrogen-bond acceptors (Lipinski definition) is 5. The molecule has 164 valence electrons. The predicted octanol–water partition coefficient (Wildman–Crippen LogP) is 4.29. The molecule has 0 atom stereocenters. The Bertz CT molecular complexity index is 1140. The van der Waals surface area contributed by atoms with Gasteiger partial charge in [0.2, 0.25) is 11.7 Å². The molecule has 0 aliphatic carbocycles. The zero-order chi connectivity index (χ0) is 23.3. The van der Waals surface area contributed by atoms with E-state index in [1.165, 1.54) is 22.2 Å². The maximum atomic E-state index is 13.1. The summed E-state index contributed by atoms with van der Waals surface area (Å²) in [4.78, 5) is 48.5. The maximum Gasteiger partial charge on any atom is 0.253 e. The summed E-state index contributed by atoms with van der Waals surface area (Å²) in [7, 11) is 3.32. The summed E-state index contributed by atoms with van der Waals surface area (Å²) < 4.78 is 0. The molecule has 0 spiro atoms. The summed E-state index contributed by atoms with van der Waals surface area (Å²) in [6.07, 6.45) is 2.47. The van der Waals surface area contributed by atoms with Crippen LogP contribution in [-0.2, 0) is 11.3 Å². The van der Waals surface area contributed by atoms with E-state index in [9.17, 15) is 14.4 Å². The van der Waals surface area contributed by atoms with Crippen molar-refractivity contribution in [2.75, 3.05) is 19.0 Å². The number of anilines is 1. The molecule has 3 aromatic rings. The zero-order valence-electron chi connectivity index (χ0n) is 17.5. The van der Waals surface area contributed by atoms with Crippen molar-refractivity contribution in [2.24, 2.45) is 0 Å². The quantitative estimate of drug-likeness (QED) is 0.379. The van der Waals surface area contributed by atoms with E-state index in [2.05, 4.69) is 9.97 Å². The third kappa shape index (κ3) is 5.69. The van der Waals surface area contributed by atoms with Crippen LogP contribution in [0, 0.1) is 0 Å². The highest BCUT2D eigenvalue weighted by atomic mass is 35.5. The van der Waals surface area contributed by atoms with Gasteiger partial charge in [-0.15, -0.1) is 0 Å². The van der Waals surface area contributed by atoms with Gasteiger partial charge in [-0.3, -0.25) is 14.4 Å². The molecule has 1 aromatic heterocycles. The van der Waals surface area contributed by atoms with Gasteiger partial charge in [-0.1, -0.05) is 29.3 Å². The minimum Gasteiger partial charge on any atom is -0.345 e. The molecule has 0 N–H and O–H groups in total. The van der Waals surface area contributed by atoms with E-state index in [-0.39, 0.29) is 18.3 Å². The van der Waals surface area contributed by atoms with Gasteiger partial charge < -0.3 is 9.80 Å². The van der Waals surface area contributed by atoms with Gasteiger partial charge >= 0.3 is 0 Å². The van der Waals surface area contributed by atoms with Crippen LogP contribution in [0.5, 0.6) is 0 Å². The third-order valence-corrected chi connectivity index (χ3v) is 5.32. The van der Waals surface area contributed by atoms with E-state index < -0.39 is 18.1 Å². The minimum absolute atomic E-state index is 0.0257. The van der Waals surface area contributed by atoms with Gasteiger partial charge in [-0.05, 0) is 48.0 Å². The lowest BCUT2D eigenvalue weighted by Crippen LogP contribution is -2.32. The van der Waals surface area contributed by atoms with Crippen molar-refractivity contribution in [3.8, 4) is 0 Å². The average Bonchev–Trinajstić information content (AvgIpc) is 2.79. The van der Waals surface area contributed by atoms with Crippen molar-refractivity contribution < 1.29 is 14.4 Å². The Kier molecular flexibility index (Phi) is 7.56. The van der Waals surface area contributed by atoms with Gasteiger partial charge in [0.15, 0.2) is 5.82 Å². The standard InChI is InChI=1S/C23H20Cl2N4O3/c1-28(2)23(32)16-5-7-17(8-6-16)29(14-15-4-9-18(24)19(25)12-15)21(31)13-20(30)22-26-10-3-11-27-22/h3-12H,13-14H2,1-2H3. The minimum atomic E-state index is -0.492. The number of halogens is 2. The molecule has 0 unspecified atom stereocenters. The summed E-state index contributed by atoms with van der Waals surface area (Å²) in [5, 5.41) is 0.758. The van der Waals surface area contributed by atoms with Gasteiger partial charge in [0.25, 0.3) is 5.91 Å². The summed E-state index contributed by atoms with van der Waals surface area (Å²) in [5.41, 5.74) is 1.73. The van der Waals surface area contributed by atoms with Gasteiger partial charge in [-0.2, -0.15) is 0 Å². The molecular formula is C23H20Cl2N4O3. The first kappa shape index (κ1) is 23.4. The lowest BCUT2D eigenvalue weighted by molar-refractivity contribution is -0.117. The lowest BCUT2D eigenvalue weighted by Gasteiger charge is -2.23. The zero-order valence-corrected chi connectivity index (χ0v) is 19.0. The highest BCUT2D eigenvalue weighted by Crippen LogP contribution is 2.25. The molecule has 7 nitrogen and oxygen atoms in total. The fraction of sp³-hybridized carbons (Fsp3) is 0.174. The molecule has 2 aromatic carbocycles. The van der Waals surface area contributed by atoms with Crippen LogP contribution >= 0.6 is 23.2 Å². The Balaban J connectivity index is 1.89. The number of rotatable bonds is 7. The highest BCUT2D eigenvalue weighted by Gasteiger charge is 2.22. The molecular weight excluding hydrogens is 451 g/mol. The van der Waals surface area contributed by atoms with Crippen LogP contribution in [0.15, 0.2) is 60.9 Å². The van der Waals surface area contributed by atoms with Crippen LogP contribution in [0.3, 0.4) is 0 Å². The smallest absolute Gasteiger partial charge is 0.253 e. The number of hydrogen-bond donors (Lipinski definition) is 0. The van der Waals surface area contributed by atoms with Gasteiger partial charge in [-0.25, -0.2) is 9.97 Å². The number of carbonyl (C=O) groups is 3. The molecule has 0 aliphatic rings. The first-order valence-electron chi connectivity index (χ1n) is 9.62. The number of amides is 2. The van der Waals surface area contributed by atoms with E-state index in [1.807, 2.05) is 0 Å². The Morgan fingerprint density at radius 2 is 1.56 bits per heavy atom. The van der Waals surface area contributed by atoms with Crippen LogP contribution < -0.4 is 4.90 Å². The number of aromatic nitrogens is 2. The molecule has 0 bridgehead atoms. The van der Waals surface area contributed by atoms with Crippen molar-refractivity contribution in [1.82, 2.24) is 14.9 Å². The average molecular weight is 471 g/mol. The Labute approximate surface area is 195 Å². The Hall–Kier alpha value is -3.29. The number of carbonyl (C=O) groups excluding carboxylic acids is 3.